The van der Waals surface area contributed by atoms with Crippen molar-refractivity contribution in [2.75, 3.05) is 6.54 Å². The van der Waals surface area contributed by atoms with Gasteiger partial charge in [-0.1, -0.05) is 12.1 Å². The molecule has 0 bridgehead atoms. The summed E-state index contributed by atoms with van der Waals surface area (Å²) in [6.45, 7) is 0.617. The van der Waals surface area contributed by atoms with Gasteiger partial charge in [0.25, 0.3) is 0 Å². The Morgan fingerprint density at radius 1 is 0.938 bits per heavy atom. The molecule has 0 amide bonds. The molecule has 0 spiro atoms. The third-order valence-electron chi connectivity index (χ3n) is 1.35. The SMILES string of the molecule is NCCc1ccc(F)cc1.[Ca+2].[I-].[I-].[I-].[I-].[Pb+2]. The second-order valence-corrected chi connectivity index (χ2v) is 2.17. The molecule has 0 aliphatic carbocycles. The molecule has 0 aromatic heterocycles. The molecule has 1 nitrogen and oxygen atoms in total. The minimum Gasteiger partial charge on any atom is -1.00 e. The zero-order valence-electron chi connectivity index (χ0n) is 8.40. The van der Waals surface area contributed by atoms with Gasteiger partial charge in [0.2, 0.25) is 0 Å². The summed E-state index contributed by atoms with van der Waals surface area (Å²) in [5, 5.41) is 0. The number of halogens is 5. The van der Waals surface area contributed by atoms with E-state index in [0.29, 0.717) is 6.54 Å². The number of nitrogens with two attached hydrogens (primary N) is 1. The Morgan fingerprint density at radius 2 is 1.31 bits per heavy atom. The maximum atomic E-state index is 12.3. The van der Waals surface area contributed by atoms with E-state index in [1.165, 1.54) is 12.1 Å². The van der Waals surface area contributed by atoms with Crippen molar-refractivity contribution in [2.45, 2.75) is 6.42 Å². The standard InChI is InChI=1S/C8H10FN.Ca.4HI.Pb/c9-8-3-1-7(2-4-8)5-6-10;;;;;;/h1-4H,5-6,10H2;;4*1H;/q;+2;;;;;+2/p-4. The quantitative estimate of drug-likeness (QED) is 0.232. The molecule has 0 atom stereocenters. The molecule has 1 aromatic rings. The van der Waals surface area contributed by atoms with Gasteiger partial charge in [0.05, 0.1) is 0 Å². The van der Waals surface area contributed by atoms with Crippen LogP contribution in [0.15, 0.2) is 24.3 Å². The van der Waals surface area contributed by atoms with E-state index in [4.69, 9.17) is 5.73 Å². The Bertz CT molecular complexity index is 216. The maximum Gasteiger partial charge on any atom is 2.00 e. The van der Waals surface area contributed by atoms with Gasteiger partial charge >= 0.3 is 65.0 Å². The fourth-order valence-corrected chi connectivity index (χ4v) is 0.818. The van der Waals surface area contributed by atoms with Crippen molar-refractivity contribution in [3.63, 3.8) is 0 Å². The minimum absolute atomic E-state index is 0. The van der Waals surface area contributed by atoms with Crippen LogP contribution >= 0.6 is 0 Å². The summed E-state index contributed by atoms with van der Waals surface area (Å²) in [5.74, 6) is -0.194. The number of hydrogen-bond donors (Lipinski definition) is 1. The fourth-order valence-electron chi connectivity index (χ4n) is 0.818. The molecule has 1 aromatic carbocycles. The van der Waals surface area contributed by atoms with Crippen molar-refractivity contribution in [1.82, 2.24) is 0 Å². The van der Waals surface area contributed by atoms with Crippen molar-refractivity contribution in [3.8, 4) is 0 Å². The van der Waals surface area contributed by atoms with Gasteiger partial charge in [-0.3, -0.25) is 0 Å². The average molecular weight is 894 g/mol. The van der Waals surface area contributed by atoms with Gasteiger partial charge in [-0.15, -0.1) is 0 Å². The van der Waals surface area contributed by atoms with Crippen LogP contribution in [0.3, 0.4) is 0 Å². The monoisotopic (exact) mass is 895 g/mol. The van der Waals surface area contributed by atoms with Crippen LogP contribution in [-0.4, -0.2) is 71.6 Å². The molecule has 0 saturated heterocycles. The predicted molar refractivity (Wildman–Crippen MR) is 50.7 cm³/mol. The van der Waals surface area contributed by atoms with Gasteiger partial charge in [0.15, 0.2) is 0 Å². The largest absolute Gasteiger partial charge is 2.00 e. The maximum absolute atomic E-state index is 12.3. The Hall–Kier alpha value is 4.21. The molecule has 0 unspecified atom stereocenters. The summed E-state index contributed by atoms with van der Waals surface area (Å²) in [7, 11) is 0. The summed E-state index contributed by atoms with van der Waals surface area (Å²) in [4.78, 5) is 0. The Balaban J connectivity index is -0.0000000417. The van der Waals surface area contributed by atoms with Gasteiger partial charge in [-0.25, -0.2) is 4.39 Å². The van der Waals surface area contributed by atoms with E-state index in [2.05, 4.69) is 0 Å². The zero-order valence-corrected chi connectivity index (χ0v) is 23.1. The normalized spacial score (nSPS) is 6.12. The van der Waals surface area contributed by atoms with E-state index in [1.807, 2.05) is 0 Å². The van der Waals surface area contributed by atoms with Crippen LogP contribution in [0.1, 0.15) is 5.56 Å². The summed E-state index contributed by atoms with van der Waals surface area (Å²) in [6, 6.07) is 6.40. The molecule has 88 valence electrons. The third-order valence-corrected chi connectivity index (χ3v) is 1.35. The van der Waals surface area contributed by atoms with E-state index < -0.39 is 0 Å². The average Bonchev–Trinajstić information content (AvgIpc) is 1.95. The van der Waals surface area contributed by atoms with Gasteiger partial charge in [0.1, 0.15) is 5.82 Å². The van der Waals surface area contributed by atoms with Crippen molar-refractivity contribution in [3.05, 3.63) is 35.6 Å². The van der Waals surface area contributed by atoms with Crippen LogP contribution in [0.5, 0.6) is 0 Å². The fraction of sp³-hybridized carbons (Fsp3) is 0.250. The van der Waals surface area contributed by atoms with E-state index in [0.717, 1.165) is 12.0 Å². The zero-order chi connectivity index (χ0) is 7.40. The molecule has 0 saturated carbocycles. The van der Waals surface area contributed by atoms with Gasteiger partial charge < -0.3 is 102 Å². The first-order valence-corrected chi connectivity index (χ1v) is 3.27. The molecule has 2 radical (unpaired) electrons. The molecule has 1 rings (SSSR count). The Kier molecular flexibility index (Phi) is 56.0. The molecule has 0 fully saturated rings. The summed E-state index contributed by atoms with van der Waals surface area (Å²) >= 11 is 0. The Morgan fingerprint density at radius 3 is 1.62 bits per heavy atom. The molecule has 0 aliphatic heterocycles. The third kappa shape index (κ3) is 18.2. The van der Waals surface area contributed by atoms with E-state index in [9.17, 15) is 4.39 Å². The van der Waals surface area contributed by atoms with Gasteiger partial charge in [-0.05, 0) is 30.7 Å². The van der Waals surface area contributed by atoms with Crippen LogP contribution in [0, 0.1) is 5.82 Å². The van der Waals surface area contributed by atoms with Crippen molar-refractivity contribution in [1.29, 1.82) is 0 Å². The smallest absolute Gasteiger partial charge is 1.00 e. The van der Waals surface area contributed by atoms with Crippen molar-refractivity contribution < 1.29 is 100 Å². The van der Waals surface area contributed by atoms with Gasteiger partial charge in [-0.2, -0.15) is 0 Å². The molecular weight excluding hydrogens is 884 g/mol. The van der Waals surface area contributed by atoms with Crippen LogP contribution in [0.2, 0.25) is 0 Å². The van der Waals surface area contributed by atoms with E-state index in [-0.39, 0.29) is 167 Å². The second kappa shape index (κ2) is 24.2. The molecule has 0 aliphatic rings. The predicted octanol–water partition coefficient (Wildman–Crippen LogP) is -11.4. The first-order chi connectivity index (χ1) is 4.83. The first kappa shape index (κ1) is 36.9. The number of benzene rings is 1. The second-order valence-electron chi connectivity index (χ2n) is 2.17. The van der Waals surface area contributed by atoms with Crippen molar-refractivity contribution >= 4 is 65.0 Å². The summed E-state index contributed by atoms with van der Waals surface area (Å²) < 4.78 is 12.3. The molecule has 8 heteroatoms. The number of rotatable bonds is 2. The first-order valence-electron chi connectivity index (χ1n) is 3.27. The molecule has 2 N–H and O–H groups in total. The van der Waals surface area contributed by atoms with Crippen molar-refractivity contribution in [2.24, 2.45) is 5.73 Å². The Labute approximate surface area is 215 Å². The van der Waals surface area contributed by atoms with Crippen LogP contribution < -0.4 is 102 Å². The van der Waals surface area contributed by atoms with Crippen LogP contribution in [0.25, 0.3) is 0 Å². The minimum atomic E-state index is -0.194. The molecule has 16 heavy (non-hydrogen) atoms. The van der Waals surface area contributed by atoms with Crippen LogP contribution in [0.4, 0.5) is 4.39 Å². The van der Waals surface area contributed by atoms with Gasteiger partial charge in [0, 0.05) is 0 Å². The number of hydrogen-bond acceptors (Lipinski definition) is 1. The van der Waals surface area contributed by atoms with E-state index in [1.54, 1.807) is 12.1 Å². The van der Waals surface area contributed by atoms with E-state index >= 15 is 0 Å². The molecule has 0 heterocycles. The topological polar surface area (TPSA) is 26.0 Å². The summed E-state index contributed by atoms with van der Waals surface area (Å²) in [5.41, 5.74) is 6.39. The summed E-state index contributed by atoms with van der Waals surface area (Å²) in [6.07, 6.45) is 0.820. The molecular formula is C8H10CaFI4NPb. The van der Waals surface area contributed by atoms with Crippen LogP contribution in [-0.2, 0) is 6.42 Å².